The van der Waals surface area contributed by atoms with E-state index in [-0.39, 0.29) is 11.9 Å². The molecule has 4 heteroatoms. The first kappa shape index (κ1) is 13.2. The molecule has 0 saturated heterocycles. The molecule has 1 aliphatic carbocycles. The van der Waals surface area contributed by atoms with Crippen LogP contribution in [0.4, 0.5) is 5.69 Å². The highest BCUT2D eigenvalue weighted by Crippen LogP contribution is 2.26. The number of anilines is 1. The van der Waals surface area contributed by atoms with Crippen molar-refractivity contribution >= 4 is 23.2 Å². The lowest BCUT2D eigenvalue weighted by atomic mass is 9.87. The van der Waals surface area contributed by atoms with Gasteiger partial charge < -0.3 is 11.1 Å². The average molecular weight is 267 g/mol. The minimum Gasteiger partial charge on any atom is -0.398 e. The Bertz CT molecular complexity index is 427. The van der Waals surface area contributed by atoms with E-state index in [1.807, 2.05) is 0 Å². The quantitative estimate of drug-likeness (QED) is 0.808. The second-order valence-corrected chi connectivity index (χ2v) is 5.55. The number of benzene rings is 1. The Morgan fingerprint density at radius 2 is 2.22 bits per heavy atom. The topological polar surface area (TPSA) is 55.1 Å². The van der Waals surface area contributed by atoms with Gasteiger partial charge in [0.25, 0.3) is 5.91 Å². The molecule has 3 nitrogen and oxygen atoms in total. The lowest BCUT2D eigenvalue weighted by Gasteiger charge is -2.27. The van der Waals surface area contributed by atoms with Crippen molar-refractivity contribution in [3.8, 4) is 0 Å². The van der Waals surface area contributed by atoms with Crippen LogP contribution in [0.15, 0.2) is 18.2 Å². The number of amides is 1. The maximum absolute atomic E-state index is 12.2. The fourth-order valence-electron chi connectivity index (χ4n) is 2.60. The van der Waals surface area contributed by atoms with Gasteiger partial charge >= 0.3 is 0 Å². The number of nitrogen functional groups attached to an aromatic ring is 1. The Balaban J connectivity index is 2.07. The number of nitrogens with two attached hydrogens (primary N) is 1. The number of rotatable bonds is 2. The first-order chi connectivity index (χ1) is 8.58. The van der Waals surface area contributed by atoms with Crippen LogP contribution in [0.1, 0.15) is 43.0 Å². The maximum Gasteiger partial charge on any atom is 0.255 e. The van der Waals surface area contributed by atoms with Crippen LogP contribution in [0.3, 0.4) is 0 Å². The number of carbonyl (C=O) groups excluding carboxylic acids is 1. The Kier molecular flexibility index (Phi) is 4.12. The van der Waals surface area contributed by atoms with Gasteiger partial charge in [0, 0.05) is 11.7 Å². The molecule has 0 aromatic heterocycles. The van der Waals surface area contributed by atoms with Gasteiger partial charge in [-0.15, -0.1) is 0 Å². The zero-order valence-corrected chi connectivity index (χ0v) is 11.3. The van der Waals surface area contributed by atoms with Gasteiger partial charge in [0.2, 0.25) is 0 Å². The standard InChI is InChI=1S/C14H19ClN2O/c1-9-4-2-5-10(8-9)17-14(18)13-11(15)6-3-7-12(13)16/h3,6-7,9-10H,2,4-5,8,16H2,1H3,(H,17,18). The average Bonchev–Trinajstić information content (AvgIpc) is 2.28. The molecule has 2 atom stereocenters. The first-order valence-corrected chi connectivity index (χ1v) is 6.80. The van der Waals surface area contributed by atoms with E-state index in [0.29, 0.717) is 22.2 Å². The van der Waals surface area contributed by atoms with Crippen LogP contribution in [0.2, 0.25) is 5.02 Å². The van der Waals surface area contributed by atoms with Crippen LogP contribution in [-0.4, -0.2) is 11.9 Å². The summed E-state index contributed by atoms with van der Waals surface area (Å²) in [6.45, 7) is 2.22. The summed E-state index contributed by atoms with van der Waals surface area (Å²) in [7, 11) is 0. The minimum atomic E-state index is -0.155. The molecule has 0 spiro atoms. The number of hydrogen-bond acceptors (Lipinski definition) is 2. The molecule has 3 N–H and O–H groups in total. The Morgan fingerprint density at radius 3 is 2.89 bits per heavy atom. The van der Waals surface area contributed by atoms with Crippen LogP contribution in [0.5, 0.6) is 0 Å². The van der Waals surface area contributed by atoms with E-state index in [1.165, 1.54) is 12.8 Å². The third kappa shape index (κ3) is 2.96. The summed E-state index contributed by atoms with van der Waals surface area (Å²) in [6.07, 6.45) is 4.50. The molecule has 1 aromatic carbocycles. The van der Waals surface area contributed by atoms with Gasteiger partial charge in [-0.3, -0.25) is 4.79 Å². The lowest BCUT2D eigenvalue weighted by Crippen LogP contribution is -2.38. The van der Waals surface area contributed by atoms with Crippen molar-refractivity contribution in [3.63, 3.8) is 0 Å². The molecule has 1 amide bonds. The van der Waals surface area contributed by atoms with E-state index in [9.17, 15) is 4.79 Å². The van der Waals surface area contributed by atoms with Crippen LogP contribution < -0.4 is 11.1 Å². The highest BCUT2D eigenvalue weighted by molar-refractivity contribution is 6.34. The van der Waals surface area contributed by atoms with Gasteiger partial charge in [-0.1, -0.05) is 37.4 Å². The van der Waals surface area contributed by atoms with Gasteiger partial charge in [-0.05, 0) is 30.9 Å². The first-order valence-electron chi connectivity index (χ1n) is 6.42. The van der Waals surface area contributed by atoms with E-state index < -0.39 is 0 Å². The van der Waals surface area contributed by atoms with E-state index >= 15 is 0 Å². The van der Waals surface area contributed by atoms with E-state index in [0.717, 1.165) is 12.8 Å². The molecule has 98 valence electrons. The van der Waals surface area contributed by atoms with Gasteiger partial charge in [-0.25, -0.2) is 0 Å². The molecule has 2 unspecified atom stereocenters. The molecule has 18 heavy (non-hydrogen) atoms. The predicted octanol–water partition coefficient (Wildman–Crippen LogP) is 3.23. The van der Waals surface area contributed by atoms with Crippen LogP contribution in [0.25, 0.3) is 0 Å². The van der Waals surface area contributed by atoms with Crippen LogP contribution >= 0.6 is 11.6 Å². The van der Waals surface area contributed by atoms with Gasteiger partial charge in [0.05, 0.1) is 10.6 Å². The second-order valence-electron chi connectivity index (χ2n) is 5.15. The van der Waals surface area contributed by atoms with Crippen molar-refractivity contribution in [2.75, 3.05) is 5.73 Å². The van der Waals surface area contributed by atoms with E-state index in [1.54, 1.807) is 18.2 Å². The third-order valence-corrected chi connectivity index (χ3v) is 3.86. The highest BCUT2D eigenvalue weighted by Gasteiger charge is 2.22. The van der Waals surface area contributed by atoms with Crippen molar-refractivity contribution in [1.29, 1.82) is 0 Å². The van der Waals surface area contributed by atoms with Crippen molar-refractivity contribution in [3.05, 3.63) is 28.8 Å². The summed E-state index contributed by atoms with van der Waals surface area (Å²) in [5.74, 6) is 0.518. The molecule has 1 fully saturated rings. The molecule has 1 aliphatic rings. The lowest BCUT2D eigenvalue weighted by molar-refractivity contribution is 0.0922. The fourth-order valence-corrected chi connectivity index (χ4v) is 2.87. The molecule has 0 radical (unpaired) electrons. The van der Waals surface area contributed by atoms with Gasteiger partial charge in [0.1, 0.15) is 0 Å². The van der Waals surface area contributed by atoms with Crippen molar-refractivity contribution in [1.82, 2.24) is 5.32 Å². The number of nitrogens with one attached hydrogen (secondary N) is 1. The maximum atomic E-state index is 12.2. The SMILES string of the molecule is CC1CCCC(NC(=O)c2c(N)cccc2Cl)C1. The fraction of sp³-hybridized carbons (Fsp3) is 0.500. The molecule has 1 aromatic rings. The smallest absolute Gasteiger partial charge is 0.255 e. The van der Waals surface area contributed by atoms with Gasteiger partial charge in [0.15, 0.2) is 0 Å². The monoisotopic (exact) mass is 266 g/mol. The zero-order valence-electron chi connectivity index (χ0n) is 10.6. The van der Waals surface area contributed by atoms with E-state index in [4.69, 9.17) is 17.3 Å². The van der Waals surface area contributed by atoms with Crippen molar-refractivity contribution in [2.24, 2.45) is 5.92 Å². The minimum absolute atomic E-state index is 0.155. The summed E-state index contributed by atoms with van der Waals surface area (Å²) in [6, 6.07) is 5.38. The molecular formula is C14H19ClN2O. The summed E-state index contributed by atoms with van der Waals surface area (Å²) in [5.41, 5.74) is 6.64. The molecule has 0 heterocycles. The molecule has 0 aliphatic heterocycles. The third-order valence-electron chi connectivity index (χ3n) is 3.54. The molecule has 1 saturated carbocycles. The summed E-state index contributed by atoms with van der Waals surface area (Å²) in [4.78, 5) is 12.2. The normalized spacial score (nSPS) is 23.7. The summed E-state index contributed by atoms with van der Waals surface area (Å²) in [5, 5.41) is 3.46. The second kappa shape index (κ2) is 5.61. The zero-order chi connectivity index (χ0) is 13.1. The Labute approximate surface area is 113 Å². The molecular weight excluding hydrogens is 248 g/mol. The Hall–Kier alpha value is -1.22. The largest absolute Gasteiger partial charge is 0.398 e. The summed E-state index contributed by atoms with van der Waals surface area (Å²) < 4.78 is 0. The van der Waals surface area contributed by atoms with Crippen LogP contribution in [0, 0.1) is 5.92 Å². The van der Waals surface area contributed by atoms with Crippen molar-refractivity contribution < 1.29 is 4.79 Å². The predicted molar refractivity (Wildman–Crippen MR) is 74.8 cm³/mol. The molecule has 2 rings (SSSR count). The summed E-state index contributed by atoms with van der Waals surface area (Å²) >= 11 is 6.03. The highest BCUT2D eigenvalue weighted by atomic mass is 35.5. The number of carbonyl (C=O) groups is 1. The molecule has 0 bridgehead atoms. The number of halogens is 1. The Morgan fingerprint density at radius 1 is 1.44 bits per heavy atom. The van der Waals surface area contributed by atoms with Gasteiger partial charge in [-0.2, -0.15) is 0 Å². The number of hydrogen-bond donors (Lipinski definition) is 2. The van der Waals surface area contributed by atoms with Crippen LogP contribution in [-0.2, 0) is 0 Å². The van der Waals surface area contributed by atoms with E-state index in [2.05, 4.69) is 12.2 Å². The van der Waals surface area contributed by atoms with Crippen molar-refractivity contribution in [2.45, 2.75) is 38.6 Å².